The van der Waals surface area contributed by atoms with E-state index < -0.39 is 29.9 Å². The highest BCUT2D eigenvalue weighted by molar-refractivity contribution is 6.31. The van der Waals surface area contributed by atoms with E-state index in [9.17, 15) is 19.2 Å². The number of halogens is 1. The van der Waals surface area contributed by atoms with Crippen LogP contribution in [0.25, 0.3) is 10.9 Å². The summed E-state index contributed by atoms with van der Waals surface area (Å²) < 4.78 is 4.99. The number of nitrogens with one attached hydrogen (secondary N) is 3. The van der Waals surface area contributed by atoms with Crippen LogP contribution in [-0.4, -0.2) is 35.9 Å². The van der Waals surface area contributed by atoms with Gasteiger partial charge < -0.3 is 20.4 Å². The van der Waals surface area contributed by atoms with Gasteiger partial charge in [-0.1, -0.05) is 35.9 Å². The lowest BCUT2D eigenvalue weighted by molar-refractivity contribution is -0.126. The summed E-state index contributed by atoms with van der Waals surface area (Å²) in [5, 5.41) is 6.01. The van der Waals surface area contributed by atoms with Crippen LogP contribution in [-0.2, 0) is 14.3 Å². The van der Waals surface area contributed by atoms with E-state index >= 15 is 0 Å². The number of pyridine rings is 1. The van der Waals surface area contributed by atoms with Crippen molar-refractivity contribution in [2.75, 3.05) is 18.5 Å². The predicted octanol–water partition coefficient (Wildman–Crippen LogP) is 2.40. The molecule has 1 aromatic heterocycles. The second-order valence-corrected chi connectivity index (χ2v) is 6.81. The number of ether oxygens (including phenoxy) is 1. The summed E-state index contributed by atoms with van der Waals surface area (Å²) in [6, 6.07) is 12.9. The number of carbonyl (C=O) groups excluding carboxylic acids is 3. The summed E-state index contributed by atoms with van der Waals surface area (Å²) >= 11 is 6.00. The maximum absolute atomic E-state index is 12.3. The average molecular weight is 428 g/mol. The summed E-state index contributed by atoms with van der Waals surface area (Å²) in [7, 11) is 0. The third-order valence-corrected chi connectivity index (χ3v) is 4.70. The molecule has 30 heavy (non-hydrogen) atoms. The summed E-state index contributed by atoms with van der Waals surface area (Å²) in [5.74, 6) is -1.93. The van der Waals surface area contributed by atoms with Gasteiger partial charge in [0.2, 0.25) is 11.5 Å². The van der Waals surface area contributed by atoms with Crippen LogP contribution in [0, 0.1) is 6.92 Å². The van der Waals surface area contributed by atoms with Gasteiger partial charge in [0.15, 0.2) is 6.61 Å². The molecule has 0 spiro atoms. The van der Waals surface area contributed by atoms with Gasteiger partial charge in [0, 0.05) is 27.7 Å². The van der Waals surface area contributed by atoms with Gasteiger partial charge in [-0.3, -0.25) is 14.4 Å². The normalized spacial score (nSPS) is 10.5. The molecule has 0 aliphatic heterocycles. The molecule has 0 fully saturated rings. The highest BCUT2D eigenvalue weighted by atomic mass is 35.5. The number of carbonyl (C=O) groups is 3. The number of benzene rings is 2. The zero-order valence-electron chi connectivity index (χ0n) is 16.0. The van der Waals surface area contributed by atoms with Gasteiger partial charge in [-0.2, -0.15) is 0 Å². The van der Waals surface area contributed by atoms with E-state index in [1.165, 1.54) is 0 Å². The van der Waals surface area contributed by atoms with Crippen molar-refractivity contribution < 1.29 is 19.1 Å². The molecule has 2 amide bonds. The molecule has 1 heterocycles. The monoisotopic (exact) mass is 427 g/mol. The summed E-state index contributed by atoms with van der Waals surface area (Å²) in [4.78, 5) is 50.6. The van der Waals surface area contributed by atoms with Crippen molar-refractivity contribution in [3.63, 3.8) is 0 Å². The smallest absolute Gasteiger partial charge is 0.339 e. The molecule has 3 rings (SSSR count). The van der Waals surface area contributed by atoms with E-state index in [-0.39, 0.29) is 12.1 Å². The first-order valence-electron chi connectivity index (χ1n) is 8.96. The molecule has 0 bridgehead atoms. The van der Waals surface area contributed by atoms with Crippen molar-refractivity contribution in [3.8, 4) is 0 Å². The number of fused-ring (bicyclic) bond motifs is 1. The van der Waals surface area contributed by atoms with Crippen LogP contribution in [0.4, 0.5) is 5.69 Å². The second-order valence-electron chi connectivity index (χ2n) is 6.41. The van der Waals surface area contributed by atoms with Crippen LogP contribution in [0.1, 0.15) is 15.9 Å². The predicted molar refractivity (Wildman–Crippen MR) is 113 cm³/mol. The van der Waals surface area contributed by atoms with E-state index in [2.05, 4.69) is 15.6 Å². The number of aromatic nitrogens is 1. The van der Waals surface area contributed by atoms with Crippen molar-refractivity contribution in [1.82, 2.24) is 10.3 Å². The van der Waals surface area contributed by atoms with Crippen molar-refractivity contribution >= 4 is 46.0 Å². The number of hydrogen-bond acceptors (Lipinski definition) is 5. The lowest BCUT2D eigenvalue weighted by Gasteiger charge is -2.10. The van der Waals surface area contributed by atoms with Gasteiger partial charge in [-0.05, 0) is 30.7 Å². The molecule has 3 aromatic rings. The van der Waals surface area contributed by atoms with Gasteiger partial charge in [0.05, 0.1) is 12.1 Å². The Bertz CT molecular complexity index is 1190. The van der Waals surface area contributed by atoms with Crippen LogP contribution in [0.15, 0.2) is 53.3 Å². The first kappa shape index (κ1) is 21.1. The van der Waals surface area contributed by atoms with Crippen LogP contribution in [0.2, 0.25) is 5.02 Å². The van der Waals surface area contributed by atoms with Crippen LogP contribution in [0.5, 0.6) is 0 Å². The zero-order valence-corrected chi connectivity index (χ0v) is 16.7. The van der Waals surface area contributed by atoms with Crippen molar-refractivity contribution in [2.45, 2.75) is 6.92 Å². The van der Waals surface area contributed by atoms with Gasteiger partial charge in [0.1, 0.15) is 0 Å². The van der Waals surface area contributed by atoms with Crippen LogP contribution >= 0.6 is 11.6 Å². The van der Waals surface area contributed by atoms with Gasteiger partial charge >= 0.3 is 5.97 Å². The van der Waals surface area contributed by atoms with E-state index in [1.807, 2.05) is 0 Å². The molecule has 0 aliphatic rings. The van der Waals surface area contributed by atoms with E-state index in [0.29, 0.717) is 27.2 Å². The minimum atomic E-state index is -0.813. The molecule has 8 nitrogen and oxygen atoms in total. The molecule has 154 valence electrons. The minimum Gasteiger partial charge on any atom is -0.452 e. The number of amides is 2. The second kappa shape index (κ2) is 9.23. The molecule has 0 unspecified atom stereocenters. The molecule has 0 radical (unpaired) electrons. The Labute approximate surface area is 176 Å². The lowest BCUT2D eigenvalue weighted by atomic mass is 10.1. The molecule has 0 atom stereocenters. The Balaban J connectivity index is 1.54. The van der Waals surface area contributed by atoms with E-state index in [4.69, 9.17) is 16.3 Å². The number of H-pyrrole nitrogens is 1. The highest BCUT2D eigenvalue weighted by Gasteiger charge is 2.15. The Morgan fingerprint density at radius 1 is 1.07 bits per heavy atom. The van der Waals surface area contributed by atoms with Crippen molar-refractivity contribution in [3.05, 3.63) is 75.0 Å². The maximum atomic E-state index is 12.3. The first-order valence-corrected chi connectivity index (χ1v) is 9.34. The Kier molecular flexibility index (Phi) is 6.48. The molecule has 0 saturated heterocycles. The van der Waals surface area contributed by atoms with Gasteiger partial charge in [-0.25, -0.2) is 4.79 Å². The van der Waals surface area contributed by atoms with Crippen molar-refractivity contribution in [1.29, 1.82) is 0 Å². The first-order chi connectivity index (χ1) is 14.3. The van der Waals surface area contributed by atoms with Crippen LogP contribution < -0.4 is 16.2 Å². The summed E-state index contributed by atoms with van der Waals surface area (Å²) in [6.07, 6.45) is 0. The quantitative estimate of drug-likeness (QED) is 0.522. The minimum absolute atomic E-state index is 0.0522. The number of anilines is 1. The van der Waals surface area contributed by atoms with Gasteiger partial charge in [0.25, 0.3) is 5.91 Å². The number of aromatic amines is 1. The highest BCUT2D eigenvalue weighted by Crippen LogP contribution is 2.22. The molecular formula is C21H18ClN3O5. The Hall–Kier alpha value is -3.65. The molecule has 2 aromatic carbocycles. The SMILES string of the molecule is Cc1c(Cl)cccc1NC(=O)CNC(=O)COC(=O)c1cc(=O)[nH]c2ccccc12. The zero-order chi connectivity index (χ0) is 21.7. The number of para-hydroxylation sites is 1. The van der Waals surface area contributed by atoms with Crippen molar-refractivity contribution in [2.24, 2.45) is 0 Å². The molecule has 0 saturated carbocycles. The topological polar surface area (TPSA) is 117 Å². The number of hydrogen-bond donors (Lipinski definition) is 3. The third kappa shape index (κ3) is 5.03. The number of esters is 1. The molecular weight excluding hydrogens is 410 g/mol. The number of rotatable bonds is 6. The van der Waals surface area contributed by atoms with Crippen LogP contribution in [0.3, 0.4) is 0 Å². The lowest BCUT2D eigenvalue weighted by Crippen LogP contribution is -2.35. The van der Waals surface area contributed by atoms with Gasteiger partial charge in [-0.15, -0.1) is 0 Å². The summed E-state index contributed by atoms with van der Waals surface area (Å²) in [6.45, 7) is 0.855. The fourth-order valence-corrected chi connectivity index (χ4v) is 2.92. The standard InChI is InChI=1S/C21H18ClN3O5/c1-12-15(22)6-4-8-16(12)24-19(27)10-23-20(28)11-30-21(29)14-9-18(26)25-17-7-3-2-5-13(14)17/h2-9H,10-11H2,1H3,(H,23,28)(H,24,27)(H,25,26). The maximum Gasteiger partial charge on any atom is 0.339 e. The Morgan fingerprint density at radius 2 is 1.83 bits per heavy atom. The summed E-state index contributed by atoms with van der Waals surface area (Å²) in [5.41, 5.74) is 1.32. The average Bonchev–Trinajstić information content (AvgIpc) is 2.73. The largest absolute Gasteiger partial charge is 0.452 e. The van der Waals surface area contributed by atoms with E-state index in [0.717, 1.165) is 6.07 Å². The fourth-order valence-electron chi connectivity index (χ4n) is 2.75. The van der Waals surface area contributed by atoms with E-state index in [1.54, 1.807) is 49.4 Å². The molecule has 3 N–H and O–H groups in total. The molecule has 0 aliphatic carbocycles. The Morgan fingerprint density at radius 3 is 2.63 bits per heavy atom. The third-order valence-electron chi connectivity index (χ3n) is 4.29. The fraction of sp³-hybridized carbons (Fsp3) is 0.143. The molecule has 9 heteroatoms.